The fraction of sp³-hybridized carbons (Fsp3) is 0.643. The van der Waals surface area contributed by atoms with Crippen LogP contribution in [0.2, 0.25) is 0 Å². The topological polar surface area (TPSA) is 60.2 Å². The highest BCUT2D eigenvalue weighted by atomic mass is 32.2. The summed E-state index contributed by atoms with van der Waals surface area (Å²) in [6.45, 7) is 2.72. The molecule has 0 radical (unpaired) electrons. The molecule has 0 bridgehead atoms. The third kappa shape index (κ3) is 3.93. The standard InChI is InChI=1S/C14H23N3OS/c1-3-8-18-14-12(15)6-7-13(17-14)16-10-4-5-11(9-10)19-2/h6-7,10-11H,3-5,8-9,15H2,1-2H3,(H,16,17). The fourth-order valence-corrected chi connectivity index (χ4v) is 3.14. The van der Waals surface area contributed by atoms with Crippen molar-refractivity contribution < 1.29 is 4.74 Å². The molecule has 1 saturated carbocycles. The molecule has 1 aromatic rings. The van der Waals surface area contributed by atoms with Gasteiger partial charge in [-0.1, -0.05) is 6.92 Å². The molecular weight excluding hydrogens is 258 g/mol. The van der Waals surface area contributed by atoms with Gasteiger partial charge in [-0.25, -0.2) is 0 Å². The lowest BCUT2D eigenvalue weighted by Crippen LogP contribution is -2.17. The number of rotatable bonds is 6. The van der Waals surface area contributed by atoms with Crippen LogP contribution in [0.4, 0.5) is 11.5 Å². The maximum Gasteiger partial charge on any atom is 0.239 e. The van der Waals surface area contributed by atoms with Crippen molar-refractivity contribution in [2.75, 3.05) is 23.9 Å². The van der Waals surface area contributed by atoms with Crippen molar-refractivity contribution in [2.45, 2.75) is 43.9 Å². The van der Waals surface area contributed by atoms with Crippen LogP contribution >= 0.6 is 11.8 Å². The molecule has 1 heterocycles. The molecule has 1 fully saturated rings. The maximum atomic E-state index is 5.86. The number of nitrogens with zero attached hydrogens (tertiary/aromatic N) is 1. The lowest BCUT2D eigenvalue weighted by atomic mass is 10.2. The number of nitrogen functional groups attached to an aromatic ring is 1. The van der Waals surface area contributed by atoms with Gasteiger partial charge < -0.3 is 15.8 Å². The molecule has 1 aliphatic carbocycles. The molecule has 3 N–H and O–H groups in total. The number of pyridine rings is 1. The van der Waals surface area contributed by atoms with Crippen molar-refractivity contribution in [3.05, 3.63) is 12.1 Å². The van der Waals surface area contributed by atoms with Gasteiger partial charge in [-0.15, -0.1) is 0 Å². The molecule has 5 heteroatoms. The summed E-state index contributed by atoms with van der Waals surface area (Å²) in [7, 11) is 0. The fourth-order valence-electron chi connectivity index (χ4n) is 2.34. The van der Waals surface area contributed by atoms with E-state index in [1.807, 2.05) is 23.9 Å². The minimum Gasteiger partial charge on any atom is -0.476 e. The summed E-state index contributed by atoms with van der Waals surface area (Å²) in [6.07, 6.45) is 6.84. The number of nitrogens with one attached hydrogen (secondary N) is 1. The first-order valence-electron chi connectivity index (χ1n) is 6.91. The smallest absolute Gasteiger partial charge is 0.239 e. The second-order valence-electron chi connectivity index (χ2n) is 4.95. The van der Waals surface area contributed by atoms with Gasteiger partial charge in [-0.3, -0.25) is 0 Å². The summed E-state index contributed by atoms with van der Waals surface area (Å²) >= 11 is 1.96. The third-order valence-corrected chi connectivity index (χ3v) is 4.50. The monoisotopic (exact) mass is 281 g/mol. The van der Waals surface area contributed by atoms with E-state index in [4.69, 9.17) is 10.5 Å². The summed E-state index contributed by atoms with van der Waals surface area (Å²) in [4.78, 5) is 4.46. The minimum atomic E-state index is 0.521. The molecule has 0 amide bonds. The predicted molar refractivity (Wildman–Crippen MR) is 83.0 cm³/mol. The van der Waals surface area contributed by atoms with E-state index in [-0.39, 0.29) is 0 Å². The number of aromatic nitrogens is 1. The Hall–Kier alpha value is -1.10. The highest BCUT2D eigenvalue weighted by molar-refractivity contribution is 7.99. The quantitative estimate of drug-likeness (QED) is 0.839. The zero-order valence-corrected chi connectivity index (χ0v) is 12.5. The Kier molecular flexibility index (Phi) is 5.19. The zero-order chi connectivity index (χ0) is 13.7. The molecule has 0 aromatic carbocycles. The van der Waals surface area contributed by atoms with Crippen LogP contribution in [0.25, 0.3) is 0 Å². The summed E-state index contributed by atoms with van der Waals surface area (Å²) in [5.41, 5.74) is 6.47. The van der Waals surface area contributed by atoms with Gasteiger partial charge in [0, 0.05) is 11.3 Å². The summed E-state index contributed by atoms with van der Waals surface area (Å²) in [5, 5.41) is 4.27. The lowest BCUT2D eigenvalue weighted by Gasteiger charge is -2.15. The Morgan fingerprint density at radius 2 is 2.32 bits per heavy atom. The molecular formula is C14H23N3OS. The largest absolute Gasteiger partial charge is 0.476 e. The van der Waals surface area contributed by atoms with E-state index in [9.17, 15) is 0 Å². The van der Waals surface area contributed by atoms with E-state index in [0.29, 0.717) is 24.2 Å². The van der Waals surface area contributed by atoms with Gasteiger partial charge in [0.15, 0.2) is 0 Å². The van der Waals surface area contributed by atoms with Crippen LogP contribution in [0, 0.1) is 0 Å². The van der Waals surface area contributed by atoms with Crippen LogP contribution in [0.3, 0.4) is 0 Å². The molecule has 2 unspecified atom stereocenters. The number of thioether (sulfide) groups is 1. The average Bonchev–Trinajstić information content (AvgIpc) is 2.87. The van der Waals surface area contributed by atoms with Crippen molar-refractivity contribution in [2.24, 2.45) is 0 Å². The van der Waals surface area contributed by atoms with E-state index in [0.717, 1.165) is 17.5 Å². The van der Waals surface area contributed by atoms with Crippen molar-refractivity contribution in [3.8, 4) is 5.88 Å². The third-order valence-electron chi connectivity index (χ3n) is 3.40. The highest BCUT2D eigenvalue weighted by Crippen LogP contribution is 2.30. The number of nitrogens with two attached hydrogens (primary N) is 1. The SMILES string of the molecule is CCCOc1nc(NC2CCC(SC)C2)ccc1N. The normalized spacial score (nSPS) is 22.4. The van der Waals surface area contributed by atoms with Gasteiger partial charge in [0.25, 0.3) is 0 Å². The molecule has 0 aliphatic heterocycles. The van der Waals surface area contributed by atoms with Gasteiger partial charge in [0.05, 0.1) is 12.3 Å². The molecule has 2 atom stereocenters. The van der Waals surface area contributed by atoms with Gasteiger partial charge in [0.2, 0.25) is 5.88 Å². The second kappa shape index (κ2) is 6.89. The van der Waals surface area contributed by atoms with Crippen molar-refractivity contribution >= 4 is 23.3 Å². The van der Waals surface area contributed by atoms with E-state index >= 15 is 0 Å². The van der Waals surface area contributed by atoms with Crippen LogP contribution in [-0.2, 0) is 0 Å². The Balaban J connectivity index is 1.97. The average molecular weight is 281 g/mol. The van der Waals surface area contributed by atoms with Gasteiger partial charge in [-0.05, 0) is 44.1 Å². The van der Waals surface area contributed by atoms with Crippen molar-refractivity contribution in [1.29, 1.82) is 0 Å². The minimum absolute atomic E-state index is 0.521. The Labute approximate surface area is 119 Å². The Morgan fingerprint density at radius 1 is 1.47 bits per heavy atom. The van der Waals surface area contributed by atoms with Gasteiger partial charge >= 0.3 is 0 Å². The van der Waals surface area contributed by atoms with Crippen LogP contribution in [-0.4, -0.2) is 29.1 Å². The highest BCUT2D eigenvalue weighted by Gasteiger charge is 2.24. The maximum absolute atomic E-state index is 5.86. The van der Waals surface area contributed by atoms with Crippen LogP contribution in [0.15, 0.2) is 12.1 Å². The van der Waals surface area contributed by atoms with E-state index in [1.165, 1.54) is 19.3 Å². The molecule has 2 rings (SSSR count). The Bertz CT molecular complexity index is 414. The molecule has 0 saturated heterocycles. The van der Waals surface area contributed by atoms with Crippen molar-refractivity contribution in [3.63, 3.8) is 0 Å². The number of ether oxygens (including phenoxy) is 1. The first-order chi connectivity index (χ1) is 9.22. The van der Waals surface area contributed by atoms with Crippen LogP contribution < -0.4 is 15.8 Å². The van der Waals surface area contributed by atoms with E-state index in [2.05, 4.69) is 23.5 Å². The van der Waals surface area contributed by atoms with E-state index < -0.39 is 0 Å². The lowest BCUT2D eigenvalue weighted by molar-refractivity contribution is 0.307. The second-order valence-corrected chi connectivity index (χ2v) is 6.09. The molecule has 0 spiro atoms. The van der Waals surface area contributed by atoms with Gasteiger partial charge in [-0.2, -0.15) is 16.7 Å². The van der Waals surface area contributed by atoms with E-state index in [1.54, 1.807) is 0 Å². The van der Waals surface area contributed by atoms with Gasteiger partial charge in [0.1, 0.15) is 5.82 Å². The number of anilines is 2. The number of hydrogen-bond donors (Lipinski definition) is 2. The molecule has 4 nitrogen and oxygen atoms in total. The first-order valence-corrected chi connectivity index (χ1v) is 8.20. The summed E-state index contributed by atoms with van der Waals surface area (Å²) in [5.74, 6) is 1.42. The number of hydrogen-bond acceptors (Lipinski definition) is 5. The summed E-state index contributed by atoms with van der Waals surface area (Å²) < 4.78 is 5.55. The molecule has 106 valence electrons. The predicted octanol–water partition coefficient (Wildman–Crippen LogP) is 3.15. The molecule has 19 heavy (non-hydrogen) atoms. The van der Waals surface area contributed by atoms with Crippen molar-refractivity contribution in [1.82, 2.24) is 4.98 Å². The first kappa shape index (κ1) is 14.3. The van der Waals surface area contributed by atoms with Crippen LogP contribution in [0.5, 0.6) is 5.88 Å². The molecule has 1 aliphatic rings. The zero-order valence-electron chi connectivity index (χ0n) is 11.7. The Morgan fingerprint density at radius 3 is 3.00 bits per heavy atom. The van der Waals surface area contributed by atoms with Crippen LogP contribution in [0.1, 0.15) is 32.6 Å². The summed E-state index contributed by atoms with van der Waals surface area (Å²) in [6, 6.07) is 4.31. The molecule has 1 aromatic heterocycles.